The first-order valence-electron chi connectivity index (χ1n) is 8.18. The second-order valence-corrected chi connectivity index (χ2v) is 7.96. The fourth-order valence-corrected chi connectivity index (χ4v) is 3.62. The number of nitrogens with zero attached hydrogens (tertiary/aromatic N) is 2. The monoisotopic (exact) mass is 394 g/mol. The van der Waals surface area contributed by atoms with E-state index in [0.29, 0.717) is 36.0 Å². The van der Waals surface area contributed by atoms with Gasteiger partial charge in [-0.05, 0) is 37.6 Å². The van der Waals surface area contributed by atoms with Crippen LogP contribution in [0.4, 0.5) is 0 Å². The molecule has 0 saturated carbocycles. The van der Waals surface area contributed by atoms with Gasteiger partial charge in [0.2, 0.25) is 5.91 Å². The topological polar surface area (TPSA) is 79.7 Å². The van der Waals surface area contributed by atoms with Crippen molar-refractivity contribution in [3.05, 3.63) is 45.4 Å². The van der Waals surface area contributed by atoms with Crippen LogP contribution in [0.25, 0.3) is 0 Å². The molecule has 3 rings (SSSR count). The molecule has 1 N–H and O–H groups in total. The number of hydrogen-bond donors (Lipinski definition) is 1. The van der Waals surface area contributed by atoms with Crippen molar-refractivity contribution in [3.63, 3.8) is 0 Å². The van der Waals surface area contributed by atoms with Crippen molar-refractivity contribution in [2.45, 2.75) is 26.4 Å². The van der Waals surface area contributed by atoms with Crippen LogP contribution in [0.3, 0.4) is 0 Å². The van der Waals surface area contributed by atoms with Gasteiger partial charge in [0.25, 0.3) is 0 Å². The van der Waals surface area contributed by atoms with Crippen molar-refractivity contribution in [3.8, 4) is 5.75 Å². The van der Waals surface area contributed by atoms with Gasteiger partial charge in [0, 0.05) is 23.5 Å². The Kier molecular flexibility index (Phi) is 5.48. The molecule has 26 heavy (non-hydrogen) atoms. The number of carboxylic acid groups (broad SMARTS) is 1. The zero-order valence-electron chi connectivity index (χ0n) is 14.3. The minimum Gasteiger partial charge on any atom is -0.486 e. The maximum absolute atomic E-state index is 12.4. The predicted octanol–water partition coefficient (Wildman–Crippen LogP) is 3.24. The van der Waals surface area contributed by atoms with E-state index >= 15 is 0 Å². The van der Waals surface area contributed by atoms with E-state index in [4.69, 9.17) is 16.3 Å². The van der Waals surface area contributed by atoms with Crippen LogP contribution in [0, 0.1) is 5.41 Å². The zero-order valence-corrected chi connectivity index (χ0v) is 15.8. The first kappa shape index (κ1) is 18.7. The van der Waals surface area contributed by atoms with E-state index < -0.39 is 11.4 Å². The number of halogens is 1. The van der Waals surface area contributed by atoms with Crippen molar-refractivity contribution in [2.24, 2.45) is 5.41 Å². The van der Waals surface area contributed by atoms with E-state index in [9.17, 15) is 14.7 Å². The number of aliphatic carboxylic acids is 1. The summed E-state index contributed by atoms with van der Waals surface area (Å²) in [7, 11) is 0. The summed E-state index contributed by atoms with van der Waals surface area (Å²) in [5.74, 6) is -0.249. The number of thiazole rings is 1. The molecular formula is C18H19ClN2O4S. The Labute approximate surface area is 160 Å². The summed E-state index contributed by atoms with van der Waals surface area (Å²) < 4.78 is 5.65. The second kappa shape index (κ2) is 7.63. The third-order valence-electron chi connectivity index (χ3n) is 4.45. The molecule has 1 aliphatic rings. The van der Waals surface area contributed by atoms with Crippen LogP contribution in [0.1, 0.15) is 24.0 Å². The molecule has 2 heterocycles. The zero-order chi connectivity index (χ0) is 18.7. The summed E-state index contributed by atoms with van der Waals surface area (Å²) in [5.41, 5.74) is -0.173. The maximum Gasteiger partial charge on any atom is 0.311 e. The average molecular weight is 395 g/mol. The second-order valence-electron chi connectivity index (χ2n) is 6.58. The lowest BCUT2D eigenvalue weighted by molar-refractivity contribution is -0.147. The lowest BCUT2D eigenvalue weighted by atomic mass is 9.90. The number of aromatic nitrogens is 1. The van der Waals surface area contributed by atoms with Crippen LogP contribution in [0.2, 0.25) is 5.02 Å². The van der Waals surface area contributed by atoms with Gasteiger partial charge in [0.15, 0.2) is 0 Å². The molecule has 138 valence electrons. The molecule has 1 aromatic carbocycles. The molecule has 1 saturated heterocycles. The van der Waals surface area contributed by atoms with Gasteiger partial charge in [-0.15, -0.1) is 11.3 Å². The SMILES string of the molecule is C[C@]1(C(=O)O)CCN(C(=O)Cc2csc(COc3ccc(Cl)cc3)n2)C1. The standard InChI is InChI=1S/C18H19ClN2O4S/c1-18(17(23)24)6-7-21(11-18)16(22)8-13-10-26-15(20-13)9-25-14-4-2-12(19)3-5-14/h2-5,10H,6-9,11H2,1H3,(H,23,24)/t18-/m0/s1. The Morgan fingerprint density at radius 3 is 2.77 bits per heavy atom. The summed E-state index contributed by atoms with van der Waals surface area (Å²) in [6.45, 7) is 2.72. The van der Waals surface area contributed by atoms with Crippen LogP contribution in [0.5, 0.6) is 5.75 Å². The third-order valence-corrected chi connectivity index (χ3v) is 5.57. The van der Waals surface area contributed by atoms with Gasteiger partial charge in [0.05, 0.1) is 17.5 Å². The van der Waals surface area contributed by atoms with Crippen LogP contribution >= 0.6 is 22.9 Å². The number of ether oxygens (including phenoxy) is 1. The lowest BCUT2D eigenvalue weighted by Gasteiger charge is -2.19. The lowest BCUT2D eigenvalue weighted by Crippen LogP contribution is -2.35. The molecular weight excluding hydrogens is 376 g/mol. The minimum atomic E-state index is -0.858. The number of benzene rings is 1. The van der Waals surface area contributed by atoms with E-state index in [0.717, 1.165) is 5.01 Å². The fraction of sp³-hybridized carbons (Fsp3) is 0.389. The molecule has 0 spiro atoms. The highest BCUT2D eigenvalue weighted by molar-refractivity contribution is 7.09. The van der Waals surface area contributed by atoms with Gasteiger partial charge in [-0.3, -0.25) is 9.59 Å². The summed E-state index contributed by atoms with van der Waals surface area (Å²) in [4.78, 5) is 29.7. The normalized spacial score (nSPS) is 19.5. The van der Waals surface area contributed by atoms with Gasteiger partial charge in [-0.25, -0.2) is 4.98 Å². The van der Waals surface area contributed by atoms with Gasteiger partial charge in [-0.1, -0.05) is 11.6 Å². The molecule has 1 aliphatic heterocycles. The Balaban J connectivity index is 1.52. The number of likely N-dealkylation sites (tertiary alicyclic amines) is 1. The number of carboxylic acids is 1. The minimum absolute atomic E-state index is 0.0922. The molecule has 1 atom stereocenters. The number of hydrogen-bond acceptors (Lipinski definition) is 5. The average Bonchev–Trinajstić information content (AvgIpc) is 3.22. The van der Waals surface area contributed by atoms with Crippen molar-refractivity contribution in [1.29, 1.82) is 0 Å². The highest BCUT2D eigenvalue weighted by atomic mass is 35.5. The molecule has 1 amide bonds. The van der Waals surface area contributed by atoms with Crippen LogP contribution < -0.4 is 4.74 Å². The van der Waals surface area contributed by atoms with Gasteiger partial charge < -0.3 is 14.7 Å². The molecule has 1 aromatic heterocycles. The Morgan fingerprint density at radius 1 is 1.38 bits per heavy atom. The number of carbonyl (C=O) groups is 2. The molecule has 1 fully saturated rings. The van der Waals surface area contributed by atoms with Crippen LogP contribution in [0.15, 0.2) is 29.6 Å². The highest BCUT2D eigenvalue weighted by Crippen LogP contribution is 2.30. The summed E-state index contributed by atoms with van der Waals surface area (Å²) >= 11 is 7.27. The van der Waals surface area contributed by atoms with E-state index in [2.05, 4.69) is 4.98 Å². The van der Waals surface area contributed by atoms with Crippen LogP contribution in [-0.2, 0) is 22.6 Å². The van der Waals surface area contributed by atoms with Crippen molar-refractivity contribution in [1.82, 2.24) is 9.88 Å². The van der Waals surface area contributed by atoms with Gasteiger partial charge in [0.1, 0.15) is 17.4 Å². The Hall–Kier alpha value is -2.12. The number of carbonyl (C=O) groups excluding carboxylic acids is 1. The van der Waals surface area contributed by atoms with Gasteiger partial charge in [-0.2, -0.15) is 0 Å². The van der Waals surface area contributed by atoms with Crippen molar-refractivity contribution < 1.29 is 19.4 Å². The summed E-state index contributed by atoms with van der Waals surface area (Å²) in [5, 5.41) is 12.5. The first-order valence-corrected chi connectivity index (χ1v) is 9.44. The van der Waals surface area contributed by atoms with E-state index in [-0.39, 0.29) is 18.9 Å². The molecule has 8 heteroatoms. The van der Waals surface area contributed by atoms with Crippen molar-refractivity contribution >= 4 is 34.8 Å². The molecule has 6 nitrogen and oxygen atoms in total. The fourth-order valence-electron chi connectivity index (χ4n) is 2.79. The summed E-state index contributed by atoms with van der Waals surface area (Å²) in [6.07, 6.45) is 0.651. The number of rotatable bonds is 6. The summed E-state index contributed by atoms with van der Waals surface area (Å²) in [6, 6.07) is 7.08. The molecule has 0 bridgehead atoms. The third kappa shape index (κ3) is 4.34. The van der Waals surface area contributed by atoms with Crippen LogP contribution in [-0.4, -0.2) is 40.0 Å². The Bertz CT molecular complexity index is 808. The quantitative estimate of drug-likeness (QED) is 0.813. The predicted molar refractivity (Wildman–Crippen MR) is 98.5 cm³/mol. The van der Waals surface area contributed by atoms with E-state index in [1.54, 1.807) is 36.1 Å². The smallest absolute Gasteiger partial charge is 0.311 e. The first-order chi connectivity index (χ1) is 12.4. The van der Waals surface area contributed by atoms with E-state index in [1.165, 1.54) is 11.3 Å². The molecule has 0 unspecified atom stereocenters. The van der Waals surface area contributed by atoms with Gasteiger partial charge >= 0.3 is 5.97 Å². The largest absolute Gasteiger partial charge is 0.486 e. The molecule has 2 aromatic rings. The molecule has 0 radical (unpaired) electrons. The molecule has 0 aliphatic carbocycles. The Morgan fingerprint density at radius 2 is 2.12 bits per heavy atom. The van der Waals surface area contributed by atoms with Crippen molar-refractivity contribution in [2.75, 3.05) is 13.1 Å². The van der Waals surface area contributed by atoms with E-state index in [1.807, 2.05) is 5.38 Å². The number of amides is 1. The highest BCUT2D eigenvalue weighted by Gasteiger charge is 2.42. The maximum atomic E-state index is 12.4.